The summed E-state index contributed by atoms with van der Waals surface area (Å²) in [6.07, 6.45) is 5.86. The number of methoxy groups -OCH3 is 2. The van der Waals surface area contributed by atoms with Crippen molar-refractivity contribution in [2.45, 2.75) is 50.3 Å². The Morgan fingerprint density at radius 1 is 1.19 bits per heavy atom. The predicted octanol–water partition coefficient (Wildman–Crippen LogP) is 4.58. The van der Waals surface area contributed by atoms with Crippen molar-refractivity contribution in [3.8, 4) is 11.5 Å². The van der Waals surface area contributed by atoms with Gasteiger partial charge in [0.25, 0.3) is 5.56 Å². The topological polar surface area (TPSA) is 68.6 Å². The Morgan fingerprint density at radius 2 is 1.96 bits per heavy atom. The minimum atomic E-state index is -0.146. The third kappa shape index (κ3) is 3.29. The van der Waals surface area contributed by atoms with E-state index in [0.29, 0.717) is 6.04 Å². The summed E-state index contributed by atoms with van der Waals surface area (Å²) in [5, 5.41) is 3.89. The molecular formula is C20H25N3O3S. The molecule has 1 aliphatic heterocycles. The predicted molar refractivity (Wildman–Crippen MR) is 109 cm³/mol. The number of benzene rings is 1. The Kier molecular flexibility index (Phi) is 5.04. The van der Waals surface area contributed by atoms with Crippen LogP contribution in [-0.4, -0.2) is 29.0 Å². The van der Waals surface area contributed by atoms with Gasteiger partial charge in [-0.3, -0.25) is 14.6 Å². The second-order valence-electron chi connectivity index (χ2n) is 7.08. The summed E-state index contributed by atoms with van der Waals surface area (Å²) < 4.78 is 12.9. The maximum Gasteiger partial charge on any atom is 0.271 e. The van der Waals surface area contributed by atoms with E-state index >= 15 is 0 Å². The highest BCUT2D eigenvalue weighted by molar-refractivity contribution is 8.14. The lowest BCUT2D eigenvalue weighted by atomic mass is 9.95. The van der Waals surface area contributed by atoms with E-state index in [1.54, 1.807) is 26.0 Å². The first-order valence-electron chi connectivity index (χ1n) is 9.40. The number of aromatic nitrogens is 2. The van der Waals surface area contributed by atoms with Crippen LogP contribution >= 0.6 is 11.8 Å². The zero-order valence-electron chi connectivity index (χ0n) is 15.9. The molecular weight excluding hydrogens is 362 g/mol. The number of nitrogens with one attached hydrogen (secondary N) is 1. The van der Waals surface area contributed by atoms with Crippen LogP contribution in [0.3, 0.4) is 0 Å². The lowest BCUT2D eigenvalue weighted by molar-refractivity contribution is 0.331. The van der Waals surface area contributed by atoms with Gasteiger partial charge in [0.2, 0.25) is 0 Å². The highest BCUT2D eigenvalue weighted by Crippen LogP contribution is 2.48. The molecule has 6 nitrogen and oxygen atoms in total. The minimum absolute atomic E-state index is 0.0535. The van der Waals surface area contributed by atoms with Gasteiger partial charge in [-0.2, -0.15) is 0 Å². The van der Waals surface area contributed by atoms with Crippen LogP contribution in [0.1, 0.15) is 61.4 Å². The summed E-state index contributed by atoms with van der Waals surface area (Å²) in [6, 6.07) is 6.08. The fourth-order valence-electron chi connectivity index (χ4n) is 4.07. The largest absolute Gasteiger partial charge is 0.497 e. The van der Waals surface area contributed by atoms with E-state index in [1.807, 2.05) is 29.8 Å². The van der Waals surface area contributed by atoms with Crippen molar-refractivity contribution in [1.29, 1.82) is 0 Å². The molecule has 2 aliphatic rings. The molecule has 1 aromatic carbocycles. The van der Waals surface area contributed by atoms with Crippen molar-refractivity contribution < 1.29 is 9.47 Å². The van der Waals surface area contributed by atoms with Gasteiger partial charge in [-0.1, -0.05) is 37.1 Å². The zero-order valence-corrected chi connectivity index (χ0v) is 16.8. The summed E-state index contributed by atoms with van der Waals surface area (Å²) in [4.78, 5) is 17.7. The molecule has 7 heteroatoms. The van der Waals surface area contributed by atoms with Crippen molar-refractivity contribution in [2.75, 3.05) is 14.2 Å². The Bertz CT molecular complexity index is 925. The fraction of sp³-hybridized carbons (Fsp3) is 0.500. The molecule has 0 spiro atoms. The molecule has 0 bridgehead atoms. The Labute approximate surface area is 163 Å². The van der Waals surface area contributed by atoms with Crippen LogP contribution in [0.2, 0.25) is 0 Å². The van der Waals surface area contributed by atoms with Crippen LogP contribution in [0, 0.1) is 0 Å². The molecule has 27 heavy (non-hydrogen) atoms. The van der Waals surface area contributed by atoms with Crippen LogP contribution in [0.25, 0.3) is 0 Å². The van der Waals surface area contributed by atoms with Gasteiger partial charge in [0.15, 0.2) is 5.82 Å². The van der Waals surface area contributed by atoms with Gasteiger partial charge in [0.1, 0.15) is 11.5 Å². The number of rotatable bonds is 4. The second kappa shape index (κ2) is 7.46. The summed E-state index contributed by atoms with van der Waals surface area (Å²) in [6.45, 7) is 2.00. The molecule has 144 valence electrons. The van der Waals surface area contributed by atoms with Gasteiger partial charge in [0, 0.05) is 11.6 Å². The number of H-pyrrole nitrogens is 1. The molecule has 1 atom stereocenters. The lowest BCUT2D eigenvalue weighted by Crippen LogP contribution is -2.16. The molecule has 1 aliphatic carbocycles. The number of aromatic amines is 1. The summed E-state index contributed by atoms with van der Waals surface area (Å²) >= 11 is 1.60. The lowest BCUT2D eigenvalue weighted by Gasteiger charge is -2.26. The van der Waals surface area contributed by atoms with Crippen LogP contribution in [0.4, 0.5) is 5.82 Å². The van der Waals surface area contributed by atoms with E-state index in [9.17, 15) is 4.79 Å². The molecule has 0 radical (unpaired) electrons. The minimum Gasteiger partial charge on any atom is -0.497 e. The molecule has 1 N–H and O–H groups in total. The molecule has 2 aromatic rings. The molecule has 0 unspecified atom stereocenters. The van der Waals surface area contributed by atoms with E-state index in [4.69, 9.17) is 14.5 Å². The average molecular weight is 388 g/mol. The first-order chi connectivity index (χ1) is 13.1. The van der Waals surface area contributed by atoms with Gasteiger partial charge < -0.3 is 9.47 Å². The Morgan fingerprint density at radius 3 is 2.67 bits per heavy atom. The highest BCUT2D eigenvalue weighted by atomic mass is 32.2. The molecule has 1 saturated carbocycles. The van der Waals surface area contributed by atoms with E-state index in [2.05, 4.69) is 5.10 Å². The molecule has 2 heterocycles. The summed E-state index contributed by atoms with van der Waals surface area (Å²) in [7, 11) is 3.28. The number of thioether (sulfide) groups is 1. The first-order valence-corrected chi connectivity index (χ1v) is 10.3. The Hall–Kier alpha value is -2.15. The van der Waals surface area contributed by atoms with Crippen molar-refractivity contribution in [3.05, 3.63) is 39.7 Å². The van der Waals surface area contributed by atoms with Gasteiger partial charge >= 0.3 is 0 Å². The number of hydrogen-bond donors (Lipinski definition) is 1. The molecule has 0 amide bonds. The third-order valence-electron chi connectivity index (χ3n) is 5.41. The summed E-state index contributed by atoms with van der Waals surface area (Å²) in [5.41, 5.74) is 1.63. The van der Waals surface area contributed by atoms with Gasteiger partial charge in [0.05, 0.1) is 36.1 Å². The smallest absolute Gasteiger partial charge is 0.271 e. The van der Waals surface area contributed by atoms with Crippen molar-refractivity contribution in [2.24, 2.45) is 4.99 Å². The second-order valence-corrected chi connectivity index (χ2v) is 8.37. The molecule has 0 saturated heterocycles. The number of ether oxygens (including phenoxy) is 2. The third-order valence-corrected chi connectivity index (χ3v) is 6.57. The summed E-state index contributed by atoms with van der Waals surface area (Å²) in [5.74, 6) is 2.24. The molecule has 4 rings (SSSR count). The van der Waals surface area contributed by atoms with E-state index in [-0.39, 0.29) is 10.8 Å². The normalized spacial score (nSPS) is 20.1. The number of fused-ring (bicyclic) bond motifs is 1. The number of nitrogens with zero attached hydrogens (tertiary/aromatic N) is 2. The van der Waals surface area contributed by atoms with Crippen LogP contribution < -0.4 is 15.0 Å². The monoisotopic (exact) mass is 387 g/mol. The van der Waals surface area contributed by atoms with E-state index in [1.165, 1.54) is 19.3 Å². The van der Waals surface area contributed by atoms with Crippen molar-refractivity contribution in [3.63, 3.8) is 0 Å². The fourth-order valence-corrected chi connectivity index (χ4v) is 5.20. The van der Waals surface area contributed by atoms with Crippen molar-refractivity contribution in [1.82, 2.24) is 9.78 Å². The van der Waals surface area contributed by atoms with Gasteiger partial charge in [-0.05, 0) is 25.8 Å². The van der Waals surface area contributed by atoms with Gasteiger partial charge in [-0.25, -0.2) is 4.99 Å². The first kappa shape index (κ1) is 18.2. The van der Waals surface area contributed by atoms with Crippen LogP contribution in [0.5, 0.6) is 11.5 Å². The van der Waals surface area contributed by atoms with Crippen LogP contribution in [-0.2, 0) is 0 Å². The zero-order chi connectivity index (χ0) is 19.0. The average Bonchev–Trinajstić information content (AvgIpc) is 3.03. The standard InChI is InChI=1S/C20H25N3O3S/c1-12-21-19-17(20(24)22-23(19)13-7-5-4-6-8-13)18(27-12)15-10-9-14(25-2)11-16(15)26-3/h9-11,13,18H,4-8H2,1-3H3,(H,22,24)/t18-/m1/s1. The van der Waals surface area contributed by atoms with Crippen molar-refractivity contribution >= 4 is 22.6 Å². The van der Waals surface area contributed by atoms with Crippen LogP contribution in [0.15, 0.2) is 28.0 Å². The Balaban J connectivity index is 1.82. The van der Waals surface area contributed by atoms with E-state index in [0.717, 1.165) is 46.3 Å². The maximum atomic E-state index is 12.9. The maximum absolute atomic E-state index is 12.9. The van der Waals surface area contributed by atoms with E-state index < -0.39 is 0 Å². The molecule has 1 fully saturated rings. The number of aliphatic imine (C=N–C) groups is 1. The van der Waals surface area contributed by atoms with Gasteiger partial charge in [-0.15, -0.1) is 0 Å². The molecule has 1 aromatic heterocycles. The highest BCUT2D eigenvalue weighted by Gasteiger charge is 2.33. The number of hydrogen-bond acceptors (Lipinski definition) is 5. The quantitative estimate of drug-likeness (QED) is 0.833. The SMILES string of the molecule is COc1ccc([C@H]2SC(C)=Nc3c2c(=O)[nH]n3C2CCCCC2)c(OC)c1.